The molecule has 2 N–H and O–H groups in total. The fraction of sp³-hybridized carbons (Fsp3) is 1.00. The molecule has 3 nitrogen and oxygen atoms in total. The van der Waals surface area contributed by atoms with Crippen molar-refractivity contribution in [2.75, 3.05) is 26.8 Å². The number of alkyl halides is 3. The van der Waals surface area contributed by atoms with E-state index in [0.717, 1.165) is 12.8 Å². The van der Waals surface area contributed by atoms with Crippen LogP contribution in [0.4, 0.5) is 13.2 Å². The molecule has 0 aromatic carbocycles. The Morgan fingerprint density at radius 1 is 1.47 bits per heavy atom. The number of nitrogens with zero attached hydrogens (tertiary/aromatic N) is 1. The molecule has 0 aromatic heterocycles. The molecule has 1 aliphatic heterocycles. The molecule has 1 saturated heterocycles. The van der Waals surface area contributed by atoms with Crippen molar-refractivity contribution in [1.82, 2.24) is 4.90 Å². The van der Waals surface area contributed by atoms with E-state index in [4.69, 9.17) is 10.5 Å². The lowest BCUT2D eigenvalue weighted by Gasteiger charge is -2.40. The number of methoxy groups -OCH3 is 1. The van der Waals surface area contributed by atoms with Crippen LogP contribution in [0, 0.1) is 5.92 Å². The Bertz CT molecular complexity index is 231. The maximum absolute atomic E-state index is 12.9. The van der Waals surface area contributed by atoms with Gasteiger partial charge in [-0.05, 0) is 32.2 Å². The van der Waals surface area contributed by atoms with Crippen LogP contribution >= 0.6 is 0 Å². The zero-order chi connectivity index (χ0) is 13.1. The van der Waals surface area contributed by atoms with Crippen molar-refractivity contribution in [3.05, 3.63) is 0 Å². The molecule has 3 unspecified atom stereocenters. The molecule has 0 bridgehead atoms. The molecule has 0 spiro atoms. The topological polar surface area (TPSA) is 38.5 Å². The molecule has 17 heavy (non-hydrogen) atoms. The van der Waals surface area contributed by atoms with Gasteiger partial charge in [-0.3, -0.25) is 4.90 Å². The molecule has 1 aliphatic rings. The number of hydrogen-bond acceptors (Lipinski definition) is 3. The van der Waals surface area contributed by atoms with E-state index in [1.54, 1.807) is 7.11 Å². The predicted octanol–water partition coefficient (Wildman–Crippen LogP) is 1.62. The Morgan fingerprint density at radius 3 is 2.59 bits per heavy atom. The van der Waals surface area contributed by atoms with Gasteiger partial charge in [0.2, 0.25) is 0 Å². The SMILES string of the molecule is COCC1CCCN(C(C(C)N)C(F)(F)F)C1. The third-order valence-electron chi connectivity index (χ3n) is 3.18. The maximum Gasteiger partial charge on any atom is 0.405 e. The minimum absolute atomic E-state index is 0.178. The minimum Gasteiger partial charge on any atom is -0.384 e. The second kappa shape index (κ2) is 6.02. The third kappa shape index (κ3) is 4.12. The highest BCUT2D eigenvalue weighted by Gasteiger charge is 2.46. The van der Waals surface area contributed by atoms with Crippen LogP contribution in [0.15, 0.2) is 0 Å². The summed E-state index contributed by atoms with van der Waals surface area (Å²) in [6.07, 6.45) is -2.57. The van der Waals surface area contributed by atoms with Crippen molar-refractivity contribution in [2.45, 2.75) is 38.0 Å². The second-order valence-electron chi connectivity index (χ2n) is 4.80. The lowest BCUT2D eigenvalue weighted by atomic mass is 9.96. The van der Waals surface area contributed by atoms with E-state index in [1.807, 2.05) is 0 Å². The molecule has 1 heterocycles. The molecular formula is C11H21F3N2O. The zero-order valence-corrected chi connectivity index (χ0v) is 10.3. The summed E-state index contributed by atoms with van der Waals surface area (Å²) in [7, 11) is 1.58. The zero-order valence-electron chi connectivity index (χ0n) is 10.3. The summed E-state index contributed by atoms with van der Waals surface area (Å²) in [6.45, 7) is 2.81. The normalized spacial score (nSPS) is 26.8. The van der Waals surface area contributed by atoms with Crippen molar-refractivity contribution in [3.8, 4) is 0 Å². The first-order valence-corrected chi connectivity index (χ1v) is 5.91. The van der Waals surface area contributed by atoms with Crippen LogP contribution in [0.3, 0.4) is 0 Å². The molecule has 6 heteroatoms. The summed E-state index contributed by atoms with van der Waals surface area (Å²) in [5, 5.41) is 0. The number of ether oxygens (including phenoxy) is 1. The largest absolute Gasteiger partial charge is 0.405 e. The van der Waals surface area contributed by atoms with Gasteiger partial charge < -0.3 is 10.5 Å². The van der Waals surface area contributed by atoms with Crippen LogP contribution in [0.25, 0.3) is 0 Å². The summed E-state index contributed by atoms with van der Waals surface area (Å²) in [6, 6.07) is -2.45. The van der Waals surface area contributed by atoms with Gasteiger partial charge in [0.25, 0.3) is 0 Å². The molecule has 0 aliphatic carbocycles. The van der Waals surface area contributed by atoms with Crippen molar-refractivity contribution >= 4 is 0 Å². The lowest BCUT2D eigenvalue weighted by molar-refractivity contribution is -0.193. The summed E-state index contributed by atoms with van der Waals surface area (Å²) in [5.41, 5.74) is 5.48. The van der Waals surface area contributed by atoms with Gasteiger partial charge in [-0.25, -0.2) is 0 Å². The standard InChI is InChI=1S/C11H21F3N2O/c1-8(15)10(11(12,13)14)16-5-3-4-9(6-16)7-17-2/h8-10H,3-7,15H2,1-2H3. The first kappa shape index (κ1) is 14.7. The summed E-state index contributed by atoms with van der Waals surface area (Å²) < 4.78 is 43.8. The van der Waals surface area contributed by atoms with Gasteiger partial charge in [0, 0.05) is 19.7 Å². The number of likely N-dealkylation sites (tertiary alicyclic amines) is 1. The minimum atomic E-state index is -4.26. The van der Waals surface area contributed by atoms with Gasteiger partial charge >= 0.3 is 6.18 Å². The van der Waals surface area contributed by atoms with E-state index in [9.17, 15) is 13.2 Å². The molecule has 102 valence electrons. The van der Waals surface area contributed by atoms with Gasteiger partial charge in [-0.1, -0.05) is 0 Å². The first-order valence-electron chi connectivity index (χ1n) is 5.91. The first-order chi connectivity index (χ1) is 7.86. The monoisotopic (exact) mass is 254 g/mol. The van der Waals surface area contributed by atoms with Gasteiger partial charge in [0.15, 0.2) is 0 Å². The average Bonchev–Trinajstić information content (AvgIpc) is 2.15. The third-order valence-corrected chi connectivity index (χ3v) is 3.18. The lowest BCUT2D eigenvalue weighted by Crippen LogP contribution is -2.57. The van der Waals surface area contributed by atoms with Crippen molar-refractivity contribution < 1.29 is 17.9 Å². The van der Waals surface area contributed by atoms with E-state index in [0.29, 0.717) is 19.7 Å². The van der Waals surface area contributed by atoms with E-state index >= 15 is 0 Å². The Hall–Kier alpha value is -0.330. The van der Waals surface area contributed by atoms with E-state index in [2.05, 4.69) is 0 Å². The molecule has 3 atom stereocenters. The number of piperidine rings is 1. The predicted molar refractivity (Wildman–Crippen MR) is 59.7 cm³/mol. The fourth-order valence-corrected chi connectivity index (χ4v) is 2.56. The molecule has 0 radical (unpaired) electrons. The smallest absolute Gasteiger partial charge is 0.384 e. The van der Waals surface area contributed by atoms with Crippen LogP contribution < -0.4 is 5.73 Å². The van der Waals surface area contributed by atoms with Crippen LogP contribution in [0.1, 0.15) is 19.8 Å². The Balaban J connectivity index is 2.68. The Morgan fingerprint density at radius 2 is 2.12 bits per heavy atom. The number of halogens is 3. The van der Waals surface area contributed by atoms with Crippen molar-refractivity contribution in [3.63, 3.8) is 0 Å². The fourth-order valence-electron chi connectivity index (χ4n) is 2.56. The summed E-state index contributed by atoms with van der Waals surface area (Å²) in [5.74, 6) is 0.178. The average molecular weight is 254 g/mol. The van der Waals surface area contributed by atoms with Crippen LogP contribution in [0.2, 0.25) is 0 Å². The van der Waals surface area contributed by atoms with Crippen LogP contribution in [-0.2, 0) is 4.74 Å². The van der Waals surface area contributed by atoms with E-state index in [-0.39, 0.29) is 5.92 Å². The van der Waals surface area contributed by atoms with Crippen molar-refractivity contribution in [2.24, 2.45) is 11.7 Å². The highest BCUT2D eigenvalue weighted by atomic mass is 19.4. The highest BCUT2D eigenvalue weighted by Crippen LogP contribution is 2.30. The Labute approximate surface area is 100 Å². The molecule has 1 fully saturated rings. The highest BCUT2D eigenvalue weighted by molar-refractivity contribution is 4.88. The van der Waals surface area contributed by atoms with Crippen LogP contribution in [0.5, 0.6) is 0 Å². The second-order valence-corrected chi connectivity index (χ2v) is 4.80. The molecule has 0 saturated carbocycles. The maximum atomic E-state index is 12.9. The van der Waals surface area contributed by atoms with E-state index in [1.165, 1.54) is 11.8 Å². The number of rotatable bonds is 4. The molecule has 1 rings (SSSR count). The quantitative estimate of drug-likeness (QED) is 0.828. The van der Waals surface area contributed by atoms with Gasteiger partial charge in [-0.2, -0.15) is 13.2 Å². The molecule has 0 aromatic rings. The Kier molecular flexibility index (Phi) is 5.22. The molecule has 0 amide bonds. The summed E-state index contributed by atoms with van der Waals surface area (Å²) >= 11 is 0. The number of hydrogen-bond donors (Lipinski definition) is 1. The molecular weight excluding hydrogens is 233 g/mol. The summed E-state index contributed by atoms with van der Waals surface area (Å²) in [4.78, 5) is 1.46. The van der Waals surface area contributed by atoms with Crippen molar-refractivity contribution in [1.29, 1.82) is 0 Å². The van der Waals surface area contributed by atoms with Crippen LogP contribution in [-0.4, -0.2) is 50.0 Å². The van der Waals surface area contributed by atoms with Gasteiger partial charge in [0.05, 0.1) is 6.61 Å². The van der Waals surface area contributed by atoms with Gasteiger partial charge in [-0.15, -0.1) is 0 Å². The number of nitrogens with two attached hydrogens (primary N) is 1. The van der Waals surface area contributed by atoms with Gasteiger partial charge in [0.1, 0.15) is 6.04 Å². The van der Waals surface area contributed by atoms with E-state index < -0.39 is 18.3 Å².